The highest BCUT2D eigenvalue weighted by atomic mass is 35.5. The molecule has 2 rings (SSSR count). The first-order valence-electron chi connectivity index (χ1n) is 7.24. The van der Waals surface area contributed by atoms with Crippen molar-refractivity contribution in [1.29, 1.82) is 0 Å². The molecule has 0 aromatic heterocycles. The maximum Gasteiger partial charge on any atom is 0.322 e. The van der Waals surface area contributed by atoms with Crippen molar-refractivity contribution in [3.63, 3.8) is 0 Å². The first kappa shape index (κ1) is 18.4. The predicted molar refractivity (Wildman–Crippen MR) is 92.7 cm³/mol. The van der Waals surface area contributed by atoms with Crippen LogP contribution in [-0.2, 0) is 21.2 Å². The van der Waals surface area contributed by atoms with Crippen LogP contribution in [-0.4, -0.2) is 36.9 Å². The Labute approximate surface area is 146 Å². The molecule has 0 aliphatic heterocycles. The van der Waals surface area contributed by atoms with Gasteiger partial charge in [-0.25, -0.2) is 8.42 Å². The van der Waals surface area contributed by atoms with Gasteiger partial charge in [-0.1, -0.05) is 35.9 Å². The SMILES string of the molecule is Cc1cc(Cl)ccc1CC(C(=O)O)N(C)S(=O)(=O)c1ccccc1. The minimum Gasteiger partial charge on any atom is -0.480 e. The molecule has 1 N–H and O–H groups in total. The summed E-state index contributed by atoms with van der Waals surface area (Å²) in [7, 11) is -2.61. The summed E-state index contributed by atoms with van der Waals surface area (Å²) in [6.07, 6.45) is 0.0564. The van der Waals surface area contributed by atoms with Crippen molar-refractivity contribution in [2.24, 2.45) is 0 Å². The van der Waals surface area contributed by atoms with Gasteiger partial charge in [-0.2, -0.15) is 4.31 Å². The lowest BCUT2D eigenvalue weighted by Gasteiger charge is -2.25. The molecule has 0 bridgehead atoms. The summed E-state index contributed by atoms with van der Waals surface area (Å²) in [4.78, 5) is 11.7. The highest BCUT2D eigenvalue weighted by Crippen LogP contribution is 2.22. The van der Waals surface area contributed by atoms with E-state index < -0.39 is 22.0 Å². The van der Waals surface area contributed by atoms with E-state index in [4.69, 9.17) is 11.6 Å². The van der Waals surface area contributed by atoms with E-state index in [-0.39, 0.29) is 11.3 Å². The number of hydrogen-bond donors (Lipinski definition) is 1. The summed E-state index contributed by atoms with van der Waals surface area (Å²) in [5.74, 6) is -1.20. The van der Waals surface area contributed by atoms with E-state index in [1.54, 1.807) is 36.4 Å². The summed E-state index contributed by atoms with van der Waals surface area (Å²) in [6.45, 7) is 1.81. The molecule has 1 unspecified atom stereocenters. The van der Waals surface area contributed by atoms with Gasteiger partial charge in [-0.05, 0) is 48.7 Å². The van der Waals surface area contributed by atoms with Gasteiger partial charge in [0.15, 0.2) is 0 Å². The van der Waals surface area contributed by atoms with Crippen molar-refractivity contribution in [2.45, 2.75) is 24.3 Å². The topological polar surface area (TPSA) is 74.7 Å². The lowest BCUT2D eigenvalue weighted by molar-refractivity contribution is -0.141. The highest BCUT2D eigenvalue weighted by Gasteiger charge is 2.33. The Bertz CT molecular complexity index is 837. The van der Waals surface area contributed by atoms with Crippen LogP contribution in [0.5, 0.6) is 0 Å². The van der Waals surface area contributed by atoms with Crippen LogP contribution < -0.4 is 0 Å². The number of nitrogens with zero attached hydrogens (tertiary/aromatic N) is 1. The molecule has 2 aromatic rings. The van der Waals surface area contributed by atoms with Crippen molar-refractivity contribution in [3.05, 3.63) is 64.7 Å². The second-order valence-electron chi connectivity index (χ2n) is 5.46. The van der Waals surface area contributed by atoms with Gasteiger partial charge in [0, 0.05) is 12.1 Å². The predicted octanol–water partition coefficient (Wildman–Crippen LogP) is 2.96. The number of halogens is 1. The monoisotopic (exact) mass is 367 g/mol. The second kappa shape index (κ2) is 7.34. The molecule has 0 saturated heterocycles. The number of benzene rings is 2. The van der Waals surface area contributed by atoms with Crippen molar-refractivity contribution in [1.82, 2.24) is 4.31 Å². The van der Waals surface area contributed by atoms with E-state index in [2.05, 4.69) is 0 Å². The third-order valence-electron chi connectivity index (χ3n) is 3.86. The number of carboxylic acids is 1. The van der Waals surface area contributed by atoms with Crippen molar-refractivity contribution in [3.8, 4) is 0 Å². The van der Waals surface area contributed by atoms with Crippen molar-refractivity contribution < 1.29 is 18.3 Å². The number of aliphatic carboxylic acids is 1. The fraction of sp³-hybridized carbons (Fsp3) is 0.235. The van der Waals surface area contributed by atoms with Gasteiger partial charge < -0.3 is 5.11 Å². The maximum atomic E-state index is 12.6. The minimum atomic E-state index is -3.90. The first-order chi connectivity index (χ1) is 11.2. The molecular weight excluding hydrogens is 350 g/mol. The molecule has 0 spiro atoms. The van der Waals surface area contributed by atoms with Gasteiger partial charge in [-0.15, -0.1) is 0 Å². The molecular formula is C17H18ClNO4S. The Balaban J connectivity index is 2.35. The van der Waals surface area contributed by atoms with Crippen molar-refractivity contribution in [2.75, 3.05) is 7.05 Å². The summed E-state index contributed by atoms with van der Waals surface area (Å²) in [5, 5.41) is 10.1. The standard InChI is InChI=1S/C17H18ClNO4S/c1-12-10-14(18)9-8-13(12)11-16(17(20)21)19(2)24(22,23)15-6-4-3-5-7-15/h3-10,16H,11H2,1-2H3,(H,20,21). The number of sulfonamides is 1. The quantitative estimate of drug-likeness (QED) is 0.851. The average Bonchev–Trinajstić information content (AvgIpc) is 2.54. The molecule has 128 valence electrons. The molecule has 0 aliphatic rings. The number of carboxylic acid groups (broad SMARTS) is 1. The highest BCUT2D eigenvalue weighted by molar-refractivity contribution is 7.89. The van der Waals surface area contributed by atoms with E-state index in [1.807, 2.05) is 6.92 Å². The van der Waals surface area contributed by atoms with Crippen LogP contribution in [0, 0.1) is 6.92 Å². The number of carbonyl (C=O) groups is 1. The molecule has 7 heteroatoms. The van der Waals surface area contributed by atoms with Crippen LogP contribution in [0.15, 0.2) is 53.4 Å². The van der Waals surface area contributed by atoms with Crippen LogP contribution in [0.1, 0.15) is 11.1 Å². The van der Waals surface area contributed by atoms with Crippen LogP contribution in [0.4, 0.5) is 0 Å². The fourth-order valence-electron chi connectivity index (χ4n) is 2.39. The lowest BCUT2D eigenvalue weighted by atomic mass is 10.0. The lowest BCUT2D eigenvalue weighted by Crippen LogP contribution is -2.43. The Morgan fingerprint density at radius 3 is 2.38 bits per heavy atom. The van der Waals surface area contributed by atoms with Gasteiger partial charge in [0.2, 0.25) is 10.0 Å². The van der Waals surface area contributed by atoms with E-state index in [1.165, 1.54) is 19.2 Å². The average molecular weight is 368 g/mol. The molecule has 5 nitrogen and oxygen atoms in total. The summed E-state index contributed by atoms with van der Waals surface area (Å²) < 4.78 is 26.2. The van der Waals surface area contributed by atoms with Gasteiger partial charge in [0.1, 0.15) is 6.04 Å². The number of likely N-dealkylation sites (N-methyl/N-ethyl adjacent to an activating group) is 1. The minimum absolute atomic E-state index is 0.0564. The third-order valence-corrected chi connectivity index (χ3v) is 5.98. The van der Waals surface area contributed by atoms with Crippen molar-refractivity contribution >= 4 is 27.6 Å². The molecule has 0 fully saturated rings. The third kappa shape index (κ3) is 3.95. The number of aryl methyl sites for hydroxylation is 1. The molecule has 0 saturated carbocycles. The zero-order chi connectivity index (χ0) is 17.9. The fourth-order valence-corrected chi connectivity index (χ4v) is 3.95. The van der Waals surface area contributed by atoms with Gasteiger partial charge in [0.25, 0.3) is 0 Å². The normalized spacial score (nSPS) is 13.0. The Morgan fingerprint density at radius 1 is 1.21 bits per heavy atom. The Kier molecular flexibility index (Phi) is 5.64. The molecule has 0 heterocycles. The number of rotatable bonds is 6. The zero-order valence-corrected chi connectivity index (χ0v) is 14.9. The van der Waals surface area contributed by atoms with Gasteiger partial charge in [0.05, 0.1) is 4.90 Å². The van der Waals surface area contributed by atoms with Crippen LogP contribution in [0.3, 0.4) is 0 Å². The van der Waals surface area contributed by atoms with E-state index in [0.29, 0.717) is 5.02 Å². The second-order valence-corrected chi connectivity index (χ2v) is 7.90. The van der Waals surface area contributed by atoms with E-state index in [9.17, 15) is 18.3 Å². The van der Waals surface area contributed by atoms with Crippen LogP contribution >= 0.6 is 11.6 Å². The summed E-state index contributed by atoms with van der Waals surface area (Å²) >= 11 is 5.91. The largest absolute Gasteiger partial charge is 0.480 e. The van der Waals surface area contributed by atoms with E-state index >= 15 is 0 Å². The summed E-state index contributed by atoms with van der Waals surface area (Å²) in [5.41, 5.74) is 1.56. The van der Waals surface area contributed by atoms with Crippen LogP contribution in [0.2, 0.25) is 5.02 Å². The van der Waals surface area contributed by atoms with Gasteiger partial charge >= 0.3 is 5.97 Å². The molecule has 0 amide bonds. The smallest absolute Gasteiger partial charge is 0.322 e. The number of hydrogen-bond acceptors (Lipinski definition) is 3. The van der Waals surface area contributed by atoms with E-state index in [0.717, 1.165) is 15.4 Å². The Morgan fingerprint density at radius 2 is 1.83 bits per heavy atom. The molecule has 0 radical (unpaired) electrons. The molecule has 2 aromatic carbocycles. The Hall–Kier alpha value is -1.89. The van der Waals surface area contributed by atoms with Crippen LogP contribution in [0.25, 0.3) is 0 Å². The zero-order valence-electron chi connectivity index (χ0n) is 13.3. The molecule has 0 aliphatic carbocycles. The molecule has 1 atom stereocenters. The summed E-state index contributed by atoms with van der Waals surface area (Å²) in [6, 6.07) is 11.7. The first-order valence-corrected chi connectivity index (χ1v) is 9.06. The van der Waals surface area contributed by atoms with Gasteiger partial charge in [-0.3, -0.25) is 4.79 Å². The molecule has 24 heavy (non-hydrogen) atoms. The maximum absolute atomic E-state index is 12.6.